The molecule has 8 heteroatoms. The fraction of sp³-hybridized carbons (Fsp3) is 0.273. The van der Waals surface area contributed by atoms with E-state index in [2.05, 4.69) is 0 Å². The molecule has 1 heterocycles. The van der Waals surface area contributed by atoms with E-state index < -0.39 is 22.6 Å². The average Bonchev–Trinajstić information content (AvgIpc) is 3.20. The van der Waals surface area contributed by atoms with Crippen molar-refractivity contribution in [2.24, 2.45) is 0 Å². The zero-order chi connectivity index (χ0) is 21.7. The fourth-order valence-corrected chi connectivity index (χ4v) is 4.33. The van der Waals surface area contributed by atoms with Crippen LogP contribution < -0.4 is 9.04 Å². The first-order chi connectivity index (χ1) is 14.3. The van der Waals surface area contributed by atoms with Gasteiger partial charge < -0.3 is 9.47 Å². The van der Waals surface area contributed by atoms with Gasteiger partial charge in [-0.2, -0.15) is 0 Å². The maximum atomic E-state index is 12.4. The van der Waals surface area contributed by atoms with Crippen LogP contribution in [0.3, 0.4) is 0 Å². The molecular formula is C22H23NO6S. The molecule has 2 aromatic carbocycles. The molecule has 0 saturated heterocycles. The molecule has 158 valence electrons. The number of Topliss-reactive ketones (excluding diaryl/α,β-unsaturated/α-hetero) is 1. The number of esters is 1. The van der Waals surface area contributed by atoms with E-state index in [9.17, 15) is 18.0 Å². The van der Waals surface area contributed by atoms with Crippen LogP contribution in [0.25, 0.3) is 6.08 Å². The molecule has 0 aromatic heterocycles. The first kappa shape index (κ1) is 21.6. The summed E-state index contributed by atoms with van der Waals surface area (Å²) in [5.74, 6) is -0.292. The molecule has 0 radical (unpaired) electrons. The van der Waals surface area contributed by atoms with Gasteiger partial charge in [0.1, 0.15) is 5.75 Å². The summed E-state index contributed by atoms with van der Waals surface area (Å²) >= 11 is 0. The van der Waals surface area contributed by atoms with Gasteiger partial charge >= 0.3 is 5.97 Å². The molecule has 2 aromatic rings. The summed E-state index contributed by atoms with van der Waals surface area (Å²) in [6.07, 6.45) is 3.37. The van der Waals surface area contributed by atoms with E-state index in [1.54, 1.807) is 56.5 Å². The smallest absolute Gasteiger partial charge is 0.331 e. The number of hydrogen-bond acceptors (Lipinski definition) is 6. The Kier molecular flexibility index (Phi) is 6.56. The molecule has 1 aliphatic heterocycles. The summed E-state index contributed by atoms with van der Waals surface area (Å²) in [7, 11) is -1.78. The second-order valence-corrected chi connectivity index (χ2v) is 8.89. The molecule has 0 amide bonds. The van der Waals surface area contributed by atoms with E-state index >= 15 is 0 Å². The highest BCUT2D eigenvalue weighted by atomic mass is 32.2. The Balaban J connectivity index is 1.60. The Bertz CT molecular complexity index is 1090. The minimum atomic E-state index is -3.34. The number of ketones is 1. The number of rotatable bonds is 8. The molecule has 0 saturated carbocycles. The van der Waals surface area contributed by atoms with Gasteiger partial charge in [-0.3, -0.25) is 9.10 Å². The van der Waals surface area contributed by atoms with E-state index in [1.165, 1.54) is 10.4 Å². The van der Waals surface area contributed by atoms with Crippen molar-refractivity contribution in [3.05, 3.63) is 65.2 Å². The Hall–Kier alpha value is -3.13. The van der Waals surface area contributed by atoms with E-state index in [-0.39, 0.29) is 11.5 Å². The first-order valence-corrected chi connectivity index (χ1v) is 11.1. The SMILES string of the molecule is CCS(=O)(=O)N1CCc2cc(C(=O)COC(=O)/C=C/c3cccc(OC)c3)ccc21. The number of fused-ring (bicyclic) bond motifs is 1. The summed E-state index contributed by atoms with van der Waals surface area (Å²) in [5, 5.41) is 0. The summed E-state index contributed by atoms with van der Waals surface area (Å²) in [6.45, 7) is 1.58. The first-order valence-electron chi connectivity index (χ1n) is 9.49. The van der Waals surface area contributed by atoms with E-state index in [0.29, 0.717) is 30.0 Å². The molecule has 0 fully saturated rings. The van der Waals surface area contributed by atoms with Crippen molar-refractivity contribution in [1.29, 1.82) is 0 Å². The summed E-state index contributed by atoms with van der Waals surface area (Å²) in [5.41, 5.74) is 2.55. The molecule has 0 aliphatic carbocycles. The van der Waals surface area contributed by atoms with E-state index in [1.807, 2.05) is 6.07 Å². The molecule has 0 atom stereocenters. The van der Waals surface area contributed by atoms with Crippen LogP contribution in [0, 0.1) is 0 Å². The lowest BCUT2D eigenvalue weighted by atomic mass is 10.1. The number of hydrogen-bond donors (Lipinski definition) is 0. The van der Waals surface area contributed by atoms with Crippen molar-refractivity contribution in [1.82, 2.24) is 0 Å². The fourth-order valence-electron chi connectivity index (χ4n) is 3.17. The van der Waals surface area contributed by atoms with Crippen LogP contribution in [0.5, 0.6) is 5.75 Å². The Morgan fingerprint density at radius 2 is 1.97 bits per heavy atom. The number of methoxy groups -OCH3 is 1. The molecule has 7 nitrogen and oxygen atoms in total. The molecule has 0 spiro atoms. The van der Waals surface area contributed by atoms with Gasteiger partial charge in [-0.1, -0.05) is 12.1 Å². The summed E-state index contributed by atoms with van der Waals surface area (Å²) < 4.78 is 35.8. The number of carbonyl (C=O) groups excluding carboxylic acids is 2. The minimum Gasteiger partial charge on any atom is -0.497 e. The highest BCUT2D eigenvalue weighted by Gasteiger charge is 2.28. The van der Waals surface area contributed by atoms with Crippen molar-refractivity contribution < 1.29 is 27.5 Å². The Morgan fingerprint density at radius 3 is 2.70 bits per heavy atom. The molecule has 0 bridgehead atoms. The van der Waals surface area contributed by atoms with Gasteiger partial charge in [0.15, 0.2) is 12.4 Å². The number of nitrogens with zero attached hydrogens (tertiary/aromatic N) is 1. The van der Waals surface area contributed by atoms with Crippen LogP contribution in [0.1, 0.15) is 28.4 Å². The monoisotopic (exact) mass is 429 g/mol. The number of sulfonamides is 1. The minimum absolute atomic E-state index is 0.0202. The van der Waals surface area contributed by atoms with Gasteiger partial charge in [0, 0.05) is 18.2 Å². The van der Waals surface area contributed by atoms with Crippen LogP contribution in [0.4, 0.5) is 5.69 Å². The molecule has 0 unspecified atom stereocenters. The zero-order valence-electron chi connectivity index (χ0n) is 16.8. The predicted molar refractivity (Wildman–Crippen MR) is 114 cm³/mol. The van der Waals surface area contributed by atoms with Crippen molar-refractivity contribution in [3.8, 4) is 5.75 Å². The lowest BCUT2D eigenvalue weighted by Gasteiger charge is -2.18. The van der Waals surface area contributed by atoms with Crippen molar-refractivity contribution in [3.63, 3.8) is 0 Å². The van der Waals surface area contributed by atoms with Gasteiger partial charge in [0.2, 0.25) is 10.0 Å². The topological polar surface area (TPSA) is 90.0 Å². The van der Waals surface area contributed by atoms with Crippen LogP contribution in [-0.2, 0) is 26.0 Å². The molecule has 30 heavy (non-hydrogen) atoms. The zero-order valence-corrected chi connectivity index (χ0v) is 17.6. The van der Waals surface area contributed by atoms with Crippen molar-refractivity contribution in [2.75, 3.05) is 30.3 Å². The van der Waals surface area contributed by atoms with Crippen LogP contribution in [-0.4, -0.2) is 46.2 Å². The number of carbonyl (C=O) groups is 2. The maximum Gasteiger partial charge on any atom is 0.331 e. The number of benzene rings is 2. The number of ether oxygens (including phenoxy) is 2. The highest BCUT2D eigenvalue weighted by molar-refractivity contribution is 7.92. The van der Waals surface area contributed by atoms with Crippen molar-refractivity contribution in [2.45, 2.75) is 13.3 Å². The van der Waals surface area contributed by atoms with Gasteiger partial charge in [-0.15, -0.1) is 0 Å². The third kappa shape index (κ3) is 4.88. The largest absolute Gasteiger partial charge is 0.497 e. The standard InChI is InChI=1S/C22H23NO6S/c1-3-30(26,27)23-12-11-17-14-18(8-9-20(17)23)21(24)15-29-22(25)10-7-16-5-4-6-19(13-16)28-2/h4-10,13-14H,3,11-12,15H2,1-2H3/b10-7+. The van der Waals surface area contributed by atoms with Gasteiger partial charge in [-0.05, 0) is 60.9 Å². The highest BCUT2D eigenvalue weighted by Crippen LogP contribution is 2.31. The lowest BCUT2D eigenvalue weighted by Crippen LogP contribution is -2.30. The Labute approximate surface area is 176 Å². The molecular weight excluding hydrogens is 406 g/mol. The van der Waals surface area contributed by atoms with Crippen LogP contribution >= 0.6 is 0 Å². The average molecular weight is 429 g/mol. The van der Waals surface area contributed by atoms with Gasteiger partial charge in [-0.25, -0.2) is 13.2 Å². The molecule has 1 aliphatic rings. The van der Waals surface area contributed by atoms with Crippen LogP contribution in [0.15, 0.2) is 48.5 Å². The quantitative estimate of drug-likeness (QED) is 0.364. The second-order valence-electron chi connectivity index (χ2n) is 6.71. The number of anilines is 1. The van der Waals surface area contributed by atoms with E-state index in [4.69, 9.17) is 9.47 Å². The third-order valence-electron chi connectivity index (χ3n) is 4.81. The Morgan fingerprint density at radius 1 is 1.17 bits per heavy atom. The maximum absolute atomic E-state index is 12.4. The second kappa shape index (κ2) is 9.13. The molecule has 0 N–H and O–H groups in total. The van der Waals surface area contributed by atoms with Gasteiger partial charge in [0.25, 0.3) is 0 Å². The van der Waals surface area contributed by atoms with Gasteiger partial charge in [0.05, 0.1) is 18.6 Å². The molecule has 3 rings (SSSR count). The van der Waals surface area contributed by atoms with E-state index in [0.717, 1.165) is 11.1 Å². The third-order valence-corrected chi connectivity index (χ3v) is 6.59. The normalized spacial score (nSPS) is 13.3. The lowest BCUT2D eigenvalue weighted by molar-refractivity contribution is -0.136. The predicted octanol–water partition coefficient (Wildman–Crippen LogP) is 2.85. The van der Waals surface area contributed by atoms with Crippen molar-refractivity contribution >= 4 is 33.5 Å². The van der Waals surface area contributed by atoms with Crippen LogP contribution in [0.2, 0.25) is 0 Å². The summed E-state index contributed by atoms with van der Waals surface area (Å²) in [4.78, 5) is 24.3. The summed E-state index contributed by atoms with van der Waals surface area (Å²) in [6, 6.07) is 12.0.